The third-order valence-electron chi connectivity index (χ3n) is 2.78. The Morgan fingerprint density at radius 3 is 2.73 bits per heavy atom. The first kappa shape index (κ1) is 10.6. The standard InChI is InChI=1S/C10H17N3O2/c1-8-12-13-9(15-8)6-14-7-10(11)4-2-3-5-10/h2-7,11H2,1H3. The highest BCUT2D eigenvalue weighted by atomic mass is 16.5. The average molecular weight is 211 g/mol. The van der Waals surface area contributed by atoms with Gasteiger partial charge in [-0.25, -0.2) is 0 Å². The van der Waals surface area contributed by atoms with Crippen LogP contribution in [0.4, 0.5) is 0 Å². The van der Waals surface area contributed by atoms with Crippen LogP contribution in [0, 0.1) is 6.92 Å². The maximum absolute atomic E-state index is 6.14. The third kappa shape index (κ3) is 2.76. The average Bonchev–Trinajstić information content (AvgIpc) is 2.76. The van der Waals surface area contributed by atoms with Crippen LogP contribution in [0.15, 0.2) is 4.42 Å². The number of nitrogens with zero attached hydrogens (tertiary/aromatic N) is 2. The van der Waals surface area contributed by atoms with Gasteiger partial charge in [0.05, 0.1) is 6.61 Å². The minimum atomic E-state index is -0.130. The van der Waals surface area contributed by atoms with Gasteiger partial charge in [-0.15, -0.1) is 10.2 Å². The number of hydrogen-bond acceptors (Lipinski definition) is 5. The van der Waals surface area contributed by atoms with Gasteiger partial charge in [-0.2, -0.15) is 0 Å². The van der Waals surface area contributed by atoms with E-state index in [0.717, 1.165) is 12.8 Å². The summed E-state index contributed by atoms with van der Waals surface area (Å²) in [6.45, 7) is 2.70. The lowest BCUT2D eigenvalue weighted by atomic mass is 10.0. The third-order valence-corrected chi connectivity index (χ3v) is 2.78. The molecule has 0 aliphatic heterocycles. The van der Waals surface area contributed by atoms with Crippen LogP contribution in [-0.2, 0) is 11.3 Å². The van der Waals surface area contributed by atoms with Gasteiger partial charge in [0.1, 0.15) is 6.61 Å². The largest absolute Gasteiger partial charge is 0.423 e. The van der Waals surface area contributed by atoms with Crippen LogP contribution in [0.2, 0.25) is 0 Å². The molecule has 1 aliphatic rings. The molecule has 1 saturated carbocycles. The molecule has 1 fully saturated rings. The first-order valence-electron chi connectivity index (χ1n) is 5.34. The van der Waals surface area contributed by atoms with E-state index in [1.54, 1.807) is 6.92 Å². The summed E-state index contributed by atoms with van der Waals surface area (Å²) in [5.41, 5.74) is 6.01. The van der Waals surface area contributed by atoms with Crippen LogP contribution in [0.5, 0.6) is 0 Å². The molecule has 84 valence electrons. The minimum absolute atomic E-state index is 0.130. The number of aromatic nitrogens is 2. The summed E-state index contributed by atoms with van der Waals surface area (Å²) in [5.74, 6) is 1.09. The molecular formula is C10H17N3O2. The molecule has 1 heterocycles. The fraction of sp³-hybridized carbons (Fsp3) is 0.800. The van der Waals surface area contributed by atoms with E-state index in [2.05, 4.69) is 10.2 Å². The van der Waals surface area contributed by atoms with Gasteiger partial charge >= 0.3 is 0 Å². The second kappa shape index (κ2) is 4.28. The van der Waals surface area contributed by atoms with Crippen molar-refractivity contribution in [2.45, 2.75) is 44.8 Å². The van der Waals surface area contributed by atoms with Crippen molar-refractivity contribution in [1.82, 2.24) is 10.2 Å². The van der Waals surface area contributed by atoms with Gasteiger partial charge in [0.15, 0.2) is 0 Å². The van der Waals surface area contributed by atoms with Gasteiger partial charge in [0.25, 0.3) is 0 Å². The number of nitrogens with two attached hydrogens (primary N) is 1. The van der Waals surface area contributed by atoms with E-state index in [1.165, 1.54) is 12.8 Å². The molecule has 5 nitrogen and oxygen atoms in total. The van der Waals surface area contributed by atoms with Gasteiger partial charge in [-0.3, -0.25) is 0 Å². The van der Waals surface area contributed by atoms with E-state index in [9.17, 15) is 0 Å². The van der Waals surface area contributed by atoms with Crippen molar-refractivity contribution >= 4 is 0 Å². The fourth-order valence-corrected chi connectivity index (χ4v) is 1.96. The van der Waals surface area contributed by atoms with Crippen molar-refractivity contribution in [2.75, 3.05) is 6.61 Å². The summed E-state index contributed by atoms with van der Waals surface area (Å²) in [6, 6.07) is 0. The second-order valence-corrected chi connectivity index (χ2v) is 4.28. The second-order valence-electron chi connectivity index (χ2n) is 4.28. The number of aryl methyl sites for hydroxylation is 1. The van der Waals surface area contributed by atoms with Crippen LogP contribution in [0.3, 0.4) is 0 Å². The quantitative estimate of drug-likeness (QED) is 0.809. The predicted molar refractivity (Wildman–Crippen MR) is 54.1 cm³/mol. The highest BCUT2D eigenvalue weighted by molar-refractivity contribution is 4.89. The zero-order valence-electron chi connectivity index (χ0n) is 9.03. The zero-order valence-corrected chi connectivity index (χ0v) is 9.03. The molecule has 15 heavy (non-hydrogen) atoms. The minimum Gasteiger partial charge on any atom is -0.423 e. The Hall–Kier alpha value is -0.940. The van der Waals surface area contributed by atoms with E-state index in [4.69, 9.17) is 14.9 Å². The first-order chi connectivity index (χ1) is 7.18. The zero-order chi connectivity index (χ0) is 10.7. The Bertz CT molecular complexity index is 318. The van der Waals surface area contributed by atoms with E-state index in [-0.39, 0.29) is 5.54 Å². The number of hydrogen-bond donors (Lipinski definition) is 1. The molecule has 1 aromatic rings. The summed E-state index contributed by atoms with van der Waals surface area (Å²) >= 11 is 0. The molecule has 0 radical (unpaired) electrons. The van der Waals surface area contributed by atoms with Gasteiger partial charge < -0.3 is 14.9 Å². The molecule has 0 bridgehead atoms. The summed E-state index contributed by atoms with van der Waals surface area (Å²) in [7, 11) is 0. The summed E-state index contributed by atoms with van der Waals surface area (Å²) in [5, 5.41) is 7.58. The molecule has 0 amide bonds. The van der Waals surface area contributed by atoms with Crippen LogP contribution < -0.4 is 5.73 Å². The Morgan fingerprint density at radius 2 is 2.13 bits per heavy atom. The molecule has 0 spiro atoms. The Balaban J connectivity index is 1.75. The first-order valence-corrected chi connectivity index (χ1v) is 5.34. The Morgan fingerprint density at radius 1 is 1.40 bits per heavy atom. The molecular weight excluding hydrogens is 194 g/mol. The van der Waals surface area contributed by atoms with E-state index in [0.29, 0.717) is 25.0 Å². The van der Waals surface area contributed by atoms with Crippen molar-refractivity contribution in [2.24, 2.45) is 5.73 Å². The lowest BCUT2D eigenvalue weighted by molar-refractivity contribution is 0.0615. The van der Waals surface area contributed by atoms with Gasteiger partial charge in [-0.05, 0) is 12.8 Å². The molecule has 1 aliphatic carbocycles. The highest BCUT2D eigenvalue weighted by Crippen LogP contribution is 2.27. The Kier molecular flexibility index (Phi) is 3.02. The molecule has 0 atom stereocenters. The van der Waals surface area contributed by atoms with Crippen molar-refractivity contribution in [3.63, 3.8) is 0 Å². The molecule has 1 aromatic heterocycles. The molecule has 5 heteroatoms. The van der Waals surface area contributed by atoms with Crippen LogP contribution in [-0.4, -0.2) is 22.3 Å². The van der Waals surface area contributed by atoms with E-state index >= 15 is 0 Å². The van der Waals surface area contributed by atoms with Crippen molar-refractivity contribution in [3.8, 4) is 0 Å². The maximum atomic E-state index is 6.14. The smallest absolute Gasteiger partial charge is 0.242 e. The van der Waals surface area contributed by atoms with E-state index < -0.39 is 0 Å². The van der Waals surface area contributed by atoms with Crippen molar-refractivity contribution in [1.29, 1.82) is 0 Å². The van der Waals surface area contributed by atoms with Gasteiger partial charge in [0, 0.05) is 12.5 Å². The summed E-state index contributed by atoms with van der Waals surface area (Å²) in [6.07, 6.45) is 4.52. The lowest BCUT2D eigenvalue weighted by Crippen LogP contribution is -2.41. The summed E-state index contributed by atoms with van der Waals surface area (Å²) in [4.78, 5) is 0. The van der Waals surface area contributed by atoms with Crippen molar-refractivity contribution in [3.05, 3.63) is 11.8 Å². The maximum Gasteiger partial charge on any atom is 0.242 e. The van der Waals surface area contributed by atoms with Gasteiger partial charge in [0.2, 0.25) is 11.8 Å². The predicted octanol–water partition coefficient (Wildman–Crippen LogP) is 1.17. The fourth-order valence-electron chi connectivity index (χ4n) is 1.96. The SMILES string of the molecule is Cc1nnc(COCC2(N)CCCC2)o1. The highest BCUT2D eigenvalue weighted by Gasteiger charge is 2.29. The monoisotopic (exact) mass is 211 g/mol. The van der Waals surface area contributed by atoms with Crippen LogP contribution in [0.25, 0.3) is 0 Å². The van der Waals surface area contributed by atoms with E-state index in [1.807, 2.05) is 0 Å². The molecule has 0 saturated heterocycles. The topological polar surface area (TPSA) is 74.2 Å². The van der Waals surface area contributed by atoms with Crippen LogP contribution in [0.1, 0.15) is 37.5 Å². The number of ether oxygens (including phenoxy) is 1. The normalized spacial score (nSPS) is 19.6. The molecule has 2 N–H and O–H groups in total. The van der Waals surface area contributed by atoms with Crippen LogP contribution >= 0.6 is 0 Å². The Labute approximate surface area is 89.0 Å². The summed E-state index contributed by atoms with van der Waals surface area (Å²) < 4.78 is 10.7. The molecule has 0 aromatic carbocycles. The van der Waals surface area contributed by atoms with Crippen molar-refractivity contribution < 1.29 is 9.15 Å². The number of rotatable bonds is 4. The lowest BCUT2D eigenvalue weighted by Gasteiger charge is -2.22. The molecule has 2 rings (SSSR count). The molecule has 0 unspecified atom stereocenters. The van der Waals surface area contributed by atoms with Gasteiger partial charge in [-0.1, -0.05) is 12.8 Å².